The first-order chi connectivity index (χ1) is 16.3. The zero-order valence-corrected chi connectivity index (χ0v) is 21.5. The minimum absolute atomic E-state index is 0.734. The number of ether oxygens (including phenoxy) is 1. The molecule has 0 N–H and O–H groups in total. The largest absolute Gasteiger partial charge is 0.493 e. The Labute approximate surface area is 204 Å². The number of benzene rings is 1. The standard InChI is InChI=1S/C32H50O/c1-3-5-7-8-9-25-10-12-26(13-11-25)28-14-16-31-24-29(15-17-30(31)23-28)27-18-20-32(21-19-27)33-22-6-4-2/h4,18-21,25-26,28-31H,2-3,5-17,22-24H2,1H3. The molecule has 1 aromatic rings. The van der Waals surface area contributed by atoms with Crippen molar-refractivity contribution in [1.29, 1.82) is 0 Å². The zero-order valence-electron chi connectivity index (χ0n) is 21.5. The second kappa shape index (κ2) is 13.0. The van der Waals surface area contributed by atoms with Crippen LogP contribution in [0.4, 0.5) is 0 Å². The molecule has 0 aromatic heterocycles. The predicted octanol–water partition coefficient (Wildman–Crippen LogP) is 9.72. The molecule has 4 atom stereocenters. The van der Waals surface area contributed by atoms with Crippen molar-refractivity contribution in [3.05, 3.63) is 42.5 Å². The fourth-order valence-corrected chi connectivity index (χ4v) is 7.56. The average molecular weight is 451 g/mol. The summed E-state index contributed by atoms with van der Waals surface area (Å²) in [5.74, 6) is 6.95. The molecule has 184 valence electrons. The highest BCUT2D eigenvalue weighted by Gasteiger charge is 2.39. The third kappa shape index (κ3) is 7.12. The molecular weight excluding hydrogens is 400 g/mol. The third-order valence-corrected chi connectivity index (χ3v) is 9.62. The van der Waals surface area contributed by atoms with Gasteiger partial charge in [-0.3, -0.25) is 0 Å². The number of hydrogen-bond acceptors (Lipinski definition) is 1. The fraction of sp³-hybridized carbons (Fsp3) is 0.750. The maximum absolute atomic E-state index is 5.81. The smallest absolute Gasteiger partial charge is 0.119 e. The summed E-state index contributed by atoms with van der Waals surface area (Å²) in [6.07, 6.45) is 25.2. The van der Waals surface area contributed by atoms with Gasteiger partial charge in [0.05, 0.1) is 6.61 Å². The van der Waals surface area contributed by atoms with Crippen LogP contribution in [0.1, 0.15) is 121 Å². The number of hydrogen-bond donors (Lipinski definition) is 0. The molecule has 3 saturated carbocycles. The molecule has 0 saturated heterocycles. The van der Waals surface area contributed by atoms with E-state index in [-0.39, 0.29) is 0 Å². The van der Waals surface area contributed by atoms with Crippen LogP contribution in [-0.4, -0.2) is 6.61 Å². The van der Waals surface area contributed by atoms with Crippen LogP contribution in [0, 0.1) is 29.6 Å². The molecular formula is C32H50O. The van der Waals surface area contributed by atoms with Crippen molar-refractivity contribution in [1.82, 2.24) is 0 Å². The van der Waals surface area contributed by atoms with E-state index >= 15 is 0 Å². The van der Waals surface area contributed by atoms with E-state index in [1.807, 2.05) is 6.08 Å². The summed E-state index contributed by atoms with van der Waals surface area (Å²) in [4.78, 5) is 0. The van der Waals surface area contributed by atoms with Crippen molar-refractivity contribution in [2.24, 2.45) is 29.6 Å². The summed E-state index contributed by atoms with van der Waals surface area (Å²) in [6, 6.07) is 9.03. The van der Waals surface area contributed by atoms with Crippen molar-refractivity contribution in [3.63, 3.8) is 0 Å². The van der Waals surface area contributed by atoms with Crippen molar-refractivity contribution in [2.75, 3.05) is 6.61 Å². The lowest BCUT2D eigenvalue weighted by Gasteiger charge is -2.45. The van der Waals surface area contributed by atoms with Gasteiger partial charge in [0.1, 0.15) is 5.75 Å². The van der Waals surface area contributed by atoms with Gasteiger partial charge in [0.2, 0.25) is 0 Å². The van der Waals surface area contributed by atoms with Crippen molar-refractivity contribution in [2.45, 2.75) is 116 Å². The van der Waals surface area contributed by atoms with Gasteiger partial charge in [-0.2, -0.15) is 0 Å². The van der Waals surface area contributed by atoms with Crippen LogP contribution in [0.2, 0.25) is 0 Å². The Morgan fingerprint density at radius 2 is 1.45 bits per heavy atom. The van der Waals surface area contributed by atoms with Crippen LogP contribution >= 0.6 is 0 Å². The Hall–Kier alpha value is -1.24. The molecule has 33 heavy (non-hydrogen) atoms. The van der Waals surface area contributed by atoms with E-state index in [0.29, 0.717) is 0 Å². The van der Waals surface area contributed by atoms with Crippen molar-refractivity contribution in [3.8, 4) is 5.75 Å². The minimum atomic E-state index is 0.734. The first-order valence-electron chi connectivity index (χ1n) is 14.6. The second-order valence-electron chi connectivity index (χ2n) is 11.7. The number of unbranched alkanes of at least 4 members (excludes halogenated alkanes) is 3. The molecule has 0 heterocycles. The molecule has 0 aliphatic heterocycles. The van der Waals surface area contributed by atoms with E-state index in [0.717, 1.165) is 54.3 Å². The zero-order chi connectivity index (χ0) is 22.9. The highest BCUT2D eigenvalue weighted by Crippen LogP contribution is 2.51. The summed E-state index contributed by atoms with van der Waals surface area (Å²) < 4.78 is 5.81. The molecule has 4 unspecified atom stereocenters. The van der Waals surface area contributed by atoms with Gasteiger partial charge in [-0.25, -0.2) is 0 Å². The maximum Gasteiger partial charge on any atom is 0.119 e. The van der Waals surface area contributed by atoms with E-state index in [4.69, 9.17) is 4.74 Å². The molecule has 3 aliphatic carbocycles. The summed E-state index contributed by atoms with van der Waals surface area (Å²) >= 11 is 0. The molecule has 0 bridgehead atoms. The van der Waals surface area contributed by atoms with Crippen LogP contribution in [0.25, 0.3) is 0 Å². The van der Waals surface area contributed by atoms with Crippen LogP contribution in [0.3, 0.4) is 0 Å². The number of fused-ring (bicyclic) bond motifs is 1. The molecule has 0 amide bonds. The first-order valence-corrected chi connectivity index (χ1v) is 14.6. The Bertz CT molecular complexity index is 683. The van der Waals surface area contributed by atoms with Gasteiger partial charge in [-0.1, -0.05) is 70.1 Å². The second-order valence-corrected chi connectivity index (χ2v) is 11.7. The van der Waals surface area contributed by atoms with Crippen LogP contribution in [0.5, 0.6) is 5.75 Å². The normalized spacial score (nSPS) is 32.2. The highest BCUT2D eigenvalue weighted by molar-refractivity contribution is 5.30. The minimum Gasteiger partial charge on any atom is -0.493 e. The highest BCUT2D eigenvalue weighted by atomic mass is 16.5. The maximum atomic E-state index is 5.81. The molecule has 4 rings (SSSR count). The van der Waals surface area contributed by atoms with Gasteiger partial charge >= 0.3 is 0 Å². The van der Waals surface area contributed by atoms with Gasteiger partial charge in [0.15, 0.2) is 0 Å². The molecule has 3 aliphatic rings. The number of rotatable bonds is 11. The molecule has 3 fully saturated rings. The Kier molecular flexibility index (Phi) is 9.81. The lowest BCUT2D eigenvalue weighted by molar-refractivity contribution is 0.0710. The summed E-state index contributed by atoms with van der Waals surface area (Å²) in [7, 11) is 0. The first kappa shape index (κ1) is 24.9. The Balaban J connectivity index is 1.19. The van der Waals surface area contributed by atoms with E-state index in [2.05, 4.69) is 37.8 Å². The van der Waals surface area contributed by atoms with Crippen molar-refractivity contribution >= 4 is 0 Å². The average Bonchev–Trinajstić information content (AvgIpc) is 2.87. The summed E-state index contributed by atoms with van der Waals surface area (Å²) in [5, 5.41) is 0. The van der Waals surface area contributed by atoms with Gasteiger partial charge < -0.3 is 4.74 Å². The predicted molar refractivity (Wildman–Crippen MR) is 142 cm³/mol. The van der Waals surface area contributed by atoms with Gasteiger partial charge in [0.25, 0.3) is 0 Å². The van der Waals surface area contributed by atoms with E-state index < -0.39 is 0 Å². The SMILES string of the molecule is C=CCCOc1ccc(C2CCC3CC(C4CCC(CCCCCC)CC4)CCC3C2)cc1. The Morgan fingerprint density at radius 3 is 2.18 bits per heavy atom. The van der Waals surface area contributed by atoms with Gasteiger partial charge in [0, 0.05) is 0 Å². The fourth-order valence-electron chi connectivity index (χ4n) is 7.56. The quantitative estimate of drug-likeness (QED) is 0.241. The Morgan fingerprint density at radius 1 is 0.788 bits per heavy atom. The van der Waals surface area contributed by atoms with E-state index in [1.54, 1.807) is 24.8 Å². The molecule has 1 heteroatoms. The summed E-state index contributed by atoms with van der Waals surface area (Å²) in [5.41, 5.74) is 1.55. The van der Waals surface area contributed by atoms with Gasteiger partial charge in [-0.05, 0) is 111 Å². The van der Waals surface area contributed by atoms with E-state index in [1.165, 1.54) is 77.0 Å². The topological polar surface area (TPSA) is 9.23 Å². The van der Waals surface area contributed by atoms with Crippen LogP contribution in [-0.2, 0) is 0 Å². The van der Waals surface area contributed by atoms with Gasteiger partial charge in [-0.15, -0.1) is 6.58 Å². The van der Waals surface area contributed by atoms with Crippen LogP contribution < -0.4 is 4.74 Å². The monoisotopic (exact) mass is 450 g/mol. The molecule has 1 aromatic carbocycles. The van der Waals surface area contributed by atoms with Crippen LogP contribution in [0.15, 0.2) is 36.9 Å². The molecule has 0 radical (unpaired) electrons. The lowest BCUT2D eigenvalue weighted by atomic mass is 9.60. The van der Waals surface area contributed by atoms with Crippen molar-refractivity contribution < 1.29 is 4.74 Å². The molecule has 0 spiro atoms. The lowest BCUT2D eigenvalue weighted by Crippen LogP contribution is -2.34. The summed E-state index contributed by atoms with van der Waals surface area (Å²) in [6.45, 7) is 6.83. The third-order valence-electron chi connectivity index (χ3n) is 9.62. The molecule has 1 nitrogen and oxygen atoms in total. The van der Waals surface area contributed by atoms with E-state index in [9.17, 15) is 0 Å².